The number of halogens is 2. The van der Waals surface area contributed by atoms with E-state index in [1.807, 2.05) is 18.2 Å². The molecule has 0 saturated heterocycles. The molecule has 0 unspecified atom stereocenters. The van der Waals surface area contributed by atoms with Crippen molar-refractivity contribution in [2.24, 2.45) is 0 Å². The van der Waals surface area contributed by atoms with Gasteiger partial charge >= 0.3 is 0 Å². The van der Waals surface area contributed by atoms with E-state index in [1.165, 1.54) is 12.3 Å². The van der Waals surface area contributed by atoms with Gasteiger partial charge in [0.15, 0.2) is 0 Å². The van der Waals surface area contributed by atoms with Gasteiger partial charge in [0.1, 0.15) is 12.0 Å². The van der Waals surface area contributed by atoms with Gasteiger partial charge in [0.05, 0.1) is 10.6 Å². The number of pyridine rings is 1. The molecule has 1 amide bonds. The van der Waals surface area contributed by atoms with Crippen LogP contribution in [0.4, 0.5) is 17.5 Å². The van der Waals surface area contributed by atoms with Crippen LogP contribution in [0.15, 0.2) is 73.1 Å². The van der Waals surface area contributed by atoms with E-state index in [0.29, 0.717) is 59.1 Å². The molecular formula is C26H23Cl2N7O3. The summed E-state index contributed by atoms with van der Waals surface area (Å²) < 4.78 is 0. The van der Waals surface area contributed by atoms with Crippen molar-refractivity contribution < 1.29 is 9.72 Å². The van der Waals surface area contributed by atoms with Crippen molar-refractivity contribution in [3.63, 3.8) is 0 Å². The Hall–Kier alpha value is -4.28. The summed E-state index contributed by atoms with van der Waals surface area (Å²) in [5.41, 5.74) is 2.94. The van der Waals surface area contributed by atoms with Gasteiger partial charge in [-0.25, -0.2) is 15.0 Å². The number of aromatic nitrogens is 3. The molecule has 2 aromatic heterocycles. The van der Waals surface area contributed by atoms with Crippen molar-refractivity contribution >= 4 is 46.6 Å². The van der Waals surface area contributed by atoms with Gasteiger partial charge < -0.3 is 16.0 Å². The largest absolute Gasteiger partial charge is 0.368 e. The van der Waals surface area contributed by atoms with Crippen LogP contribution in [-0.4, -0.2) is 45.4 Å². The lowest BCUT2D eigenvalue weighted by atomic mass is 10.1. The molecule has 3 N–H and O–H groups in total. The lowest BCUT2D eigenvalue weighted by molar-refractivity contribution is -0.385. The minimum absolute atomic E-state index is 0.0629. The Balaban J connectivity index is 1.26. The Kier molecular flexibility index (Phi) is 9.02. The monoisotopic (exact) mass is 551 g/mol. The molecule has 2 heterocycles. The van der Waals surface area contributed by atoms with E-state index in [2.05, 4.69) is 30.9 Å². The quantitative estimate of drug-likeness (QED) is 0.131. The first-order valence-corrected chi connectivity index (χ1v) is 12.4. The zero-order valence-corrected chi connectivity index (χ0v) is 21.5. The number of benzene rings is 2. The number of hydrogen-bond donors (Lipinski definition) is 3. The highest BCUT2D eigenvalue weighted by Gasteiger charge is 2.09. The molecule has 0 bridgehead atoms. The molecule has 10 nitrogen and oxygen atoms in total. The van der Waals surface area contributed by atoms with Crippen LogP contribution in [0.25, 0.3) is 11.3 Å². The van der Waals surface area contributed by atoms with Gasteiger partial charge in [-0.3, -0.25) is 14.9 Å². The van der Waals surface area contributed by atoms with Gasteiger partial charge in [0.25, 0.3) is 11.6 Å². The number of carbonyl (C=O) groups excluding carboxylic acids is 1. The fourth-order valence-corrected chi connectivity index (χ4v) is 4.00. The number of amides is 1. The number of nitro groups is 1. The van der Waals surface area contributed by atoms with Crippen molar-refractivity contribution in [3.8, 4) is 11.3 Å². The summed E-state index contributed by atoms with van der Waals surface area (Å²) in [6.07, 6.45) is 3.45. The Morgan fingerprint density at radius 1 is 0.921 bits per heavy atom. The SMILES string of the molecule is O=C(NCCc1ccc(Cl)cc1Cl)c1ccc(-c2ccnc(NCCNc3ccc([N+](=O)[O-])cn3)n2)cc1. The summed E-state index contributed by atoms with van der Waals surface area (Å²) in [5.74, 6) is 0.801. The third-order valence-electron chi connectivity index (χ3n) is 5.47. The predicted octanol–water partition coefficient (Wildman–Crippen LogP) is 5.25. The third kappa shape index (κ3) is 7.37. The van der Waals surface area contributed by atoms with Crippen LogP contribution in [0.5, 0.6) is 0 Å². The summed E-state index contributed by atoms with van der Waals surface area (Å²) in [5, 5.41) is 20.9. The van der Waals surface area contributed by atoms with Crippen molar-refractivity contribution in [3.05, 3.63) is 104 Å². The number of anilines is 2. The van der Waals surface area contributed by atoms with Gasteiger partial charge in [-0.05, 0) is 48.4 Å². The minimum Gasteiger partial charge on any atom is -0.368 e. The molecule has 4 rings (SSSR count). The summed E-state index contributed by atoms with van der Waals surface area (Å²) in [7, 11) is 0. The maximum Gasteiger partial charge on any atom is 0.287 e. The molecule has 0 spiro atoms. The topological polar surface area (TPSA) is 135 Å². The van der Waals surface area contributed by atoms with E-state index in [4.69, 9.17) is 23.2 Å². The van der Waals surface area contributed by atoms with Crippen LogP contribution < -0.4 is 16.0 Å². The highest BCUT2D eigenvalue weighted by atomic mass is 35.5. The van der Waals surface area contributed by atoms with Gasteiger partial charge in [-0.2, -0.15) is 0 Å². The molecule has 194 valence electrons. The first kappa shape index (κ1) is 26.8. The third-order valence-corrected chi connectivity index (χ3v) is 6.05. The standard InChI is InChI=1S/C26H23Cl2N7O3/c27-20-6-5-17(22(28)15-20)9-11-30-25(36)19-3-1-18(2-4-19)23-10-12-31-26(34-23)32-14-13-29-24-8-7-21(16-33-24)35(37)38/h1-8,10,12,15-16H,9,11,13-14H2,(H,29,33)(H,30,36)(H,31,32,34). The molecular weight excluding hydrogens is 529 g/mol. The minimum atomic E-state index is -0.494. The van der Waals surface area contributed by atoms with Crippen LogP contribution in [0.1, 0.15) is 15.9 Å². The second-order valence-corrected chi connectivity index (χ2v) is 8.94. The number of nitrogens with one attached hydrogen (secondary N) is 3. The van der Waals surface area contributed by atoms with Crippen molar-refractivity contribution in [2.45, 2.75) is 6.42 Å². The second-order valence-electron chi connectivity index (χ2n) is 8.10. The van der Waals surface area contributed by atoms with Crippen LogP contribution >= 0.6 is 23.2 Å². The summed E-state index contributed by atoms with van der Waals surface area (Å²) in [4.78, 5) is 35.5. The van der Waals surface area contributed by atoms with E-state index in [1.54, 1.807) is 42.6 Å². The normalized spacial score (nSPS) is 10.6. The molecule has 12 heteroatoms. The molecule has 0 aliphatic carbocycles. The first-order chi connectivity index (χ1) is 18.4. The lowest BCUT2D eigenvalue weighted by Crippen LogP contribution is -2.25. The molecule has 0 aliphatic heterocycles. The van der Waals surface area contributed by atoms with Crippen LogP contribution in [0.2, 0.25) is 10.0 Å². The molecule has 0 fully saturated rings. The van der Waals surface area contributed by atoms with Gasteiger partial charge in [-0.15, -0.1) is 0 Å². The average Bonchev–Trinajstić information content (AvgIpc) is 2.93. The molecule has 0 atom stereocenters. The van der Waals surface area contributed by atoms with Crippen LogP contribution in [0.3, 0.4) is 0 Å². The second kappa shape index (κ2) is 12.8. The van der Waals surface area contributed by atoms with Gasteiger partial charge in [0, 0.05) is 53.1 Å². The average molecular weight is 552 g/mol. The van der Waals surface area contributed by atoms with E-state index in [0.717, 1.165) is 11.1 Å². The fraction of sp³-hybridized carbons (Fsp3) is 0.154. The highest BCUT2D eigenvalue weighted by Crippen LogP contribution is 2.21. The van der Waals surface area contributed by atoms with E-state index in [-0.39, 0.29) is 11.6 Å². The molecule has 2 aromatic carbocycles. The smallest absolute Gasteiger partial charge is 0.287 e. The first-order valence-electron chi connectivity index (χ1n) is 11.6. The van der Waals surface area contributed by atoms with Crippen LogP contribution in [-0.2, 0) is 6.42 Å². The molecule has 4 aromatic rings. The van der Waals surface area contributed by atoms with Crippen molar-refractivity contribution in [1.82, 2.24) is 20.3 Å². The predicted molar refractivity (Wildman–Crippen MR) is 148 cm³/mol. The number of nitrogens with zero attached hydrogens (tertiary/aromatic N) is 4. The Bertz CT molecular complexity index is 1420. The Labute approximate surface area is 228 Å². The van der Waals surface area contributed by atoms with Gasteiger partial charge in [0.2, 0.25) is 5.95 Å². The molecule has 38 heavy (non-hydrogen) atoms. The van der Waals surface area contributed by atoms with Crippen molar-refractivity contribution in [1.29, 1.82) is 0 Å². The molecule has 0 radical (unpaired) electrons. The van der Waals surface area contributed by atoms with Crippen molar-refractivity contribution in [2.75, 3.05) is 30.3 Å². The Morgan fingerprint density at radius 2 is 1.71 bits per heavy atom. The fourth-order valence-electron chi connectivity index (χ4n) is 3.50. The summed E-state index contributed by atoms with van der Waals surface area (Å²) in [6, 6.07) is 17.2. The zero-order chi connectivity index (χ0) is 26.9. The molecule has 0 aliphatic rings. The summed E-state index contributed by atoms with van der Waals surface area (Å²) >= 11 is 12.1. The molecule has 0 saturated carbocycles. The van der Waals surface area contributed by atoms with E-state index >= 15 is 0 Å². The lowest BCUT2D eigenvalue weighted by Gasteiger charge is -2.09. The summed E-state index contributed by atoms with van der Waals surface area (Å²) in [6.45, 7) is 1.45. The number of rotatable bonds is 11. The highest BCUT2D eigenvalue weighted by molar-refractivity contribution is 6.35. The Morgan fingerprint density at radius 3 is 2.42 bits per heavy atom. The van der Waals surface area contributed by atoms with Gasteiger partial charge in [-0.1, -0.05) is 41.4 Å². The number of carbonyl (C=O) groups is 1. The maximum atomic E-state index is 12.5. The van der Waals surface area contributed by atoms with Crippen LogP contribution in [0, 0.1) is 10.1 Å². The van der Waals surface area contributed by atoms with E-state index in [9.17, 15) is 14.9 Å². The number of hydrogen-bond acceptors (Lipinski definition) is 8. The van der Waals surface area contributed by atoms with E-state index < -0.39 is 4.92 Å². The zero-order valence-electron chi connectivity index (χ0n) is 20.0. The maximum absolute atomic E-state index is 12.5.